The molecule has 0 atom stereocenters. The molecule has 0 unspecified atom stereocenters. The number of carbonyl (C=O) groups is 1. The van der Waals surface area contributed by atoms with E-state index in [9.17, 15) is 4.79 Å². The second-order valence-corrected chi connectivity index (χ2v) is 7.93. The van der Waals surface area contributed by atoms with E-state index in [2.05, 4.69) is 22.0 Å². The molecule has 0 saturated carbocycles. The molecule has 1 aromatic heterocycles. The first-order chi connectivity index (χ1) is 13.2. The third-order valence-corrected chi connectivity index (χ3v) is 6.22. The van der Waals surface area contributed by atoms with Gasteiger partial charge in [-0.1, -0.05) is 35.9 Å². The maximum atomic E-state index is 12.7. The van der Waals surface area contributed by atoms with Crippen LogP contribution in [0.15, 0.2) is 65.8 Å². The molecule has 2 heterocycles. The molecule has 2 aromatic carbocycles. The van der Waals surface area contributed by atoms with E-state index < -0.39 is 0 Å². The van der Waals surface area contributed by atoms with E-state index in [1.807, 2.05) is 53.7 Å². The monoisotopic (exact) mass is 398 g/mol. The lowest BCUT2D eigenvalue weighted by Crippen LogP contribution is -2.49. The van der Waals surface area contributed by atoms with Gasteiger partial charge in [0.1, 0.15) is 0 Å². The lowest BCUT2D eigenvalue weighted by atomic mass is 10.1. The van der Waals surface area contributed by atoms with E-state index in [1.165, 1.54) is 5.69 Å². The van der Waals surface area contributed by atoms with Crippen molar-refractivity contribution in [1.82, 2.24) is 4.90 Å². The summed E-state index contributed by atoms with van der Waals surface area (Å²) >= 11 is 7.95. The molecule has 27 heavy (non-hydrogen) atoms. The number of amides is 1. The topological polar surface area (TPSA) is 37.7 Å². The van der Waals surface area contributed by atoms with Crippen LogP contribution in [0.1, 0.15) is 0 Å². The Balaban J connectivity index is 1.37. The molecule has 138 valence electrons. The van der Waals surface area contributed by atoms with Gasteiger partial charge < -0.3 is 9.80 Å². The van der Waals surface area contributed by atoms with Crippen LogP contribution in [0.2, 0.25) is 5.02 Å². The Hall–Kier alpha value is -2.24. The number of nitrogens with one attached hydrogen (secondary N) is 1. The van der Waals surface area contributed by atoms with Crippen molar-refractivity contribution in [3.05, 3.63) is 65.9 Å². The van der Waals surface area contributed by atoms with E-state index >= 15 is 0 Å². The number of hydrogen-bond donors (Lipinski definition) is 0. The number of halogens is 1. The summed E-state index contributed by atoms with van der Waals surface area (Å²) < 4.78 is 0. The largest absolute Gasteiger partial charge is 0.368 e. The Labute approximate surface area is 168 Å². The van der Waals surface area contributed by atoms with Crippen LogP contribution in [0.3, 0.4) is 0 Å². The number of hydrogen-bond acceptors (Lipinski definition) is 3. The van der Waals surface area contributed by atoms with Gasteiger partial charge in [-0.3, -0.25) is 4.79 Å². The highest BCUT2D eigenvalue weighted by Gasteiger charge is 2.21. The van der Waals surface area contributed by atoms with Crippen LogP contribution >= 0.6 is 23.4 Å². The molecular formula is C21H21ClN3OS+. The van der Waals surface area contributed by atoms with Gasteiger partial charge in [0.25, 0.3) is 0 Å². The third-order valence-electron chi connectivity index (χ3n) is 4.86. The number of aromatic amines is 1. The summed E-state index contributed by atoms with van der Waals surface area (Å²) in [5.74, 6) is 0.620. The molecule has 0 bridgehead atoms. The smallest absolute Gasteiger partial charge is 0.233 e. The minimum Gasteiger partial charge on any atom is -0.368 e. The molecule has 1 saturated heterocycles. The molecule has 0 aliphatic carbocycles. The maximum absolute atomic E-state index is 12.7. The lowest BCUT2D eigenvalue weighted by Gasteiger charge is -2.35. The third kappa shape index (κ3) is 4.04. The van der Waals surface area contributed by atoms with E-state index in [1.54, 1.807) is 11.8 Å². The Bertz CT molecular complexity index is 937. The van der Waals surface area contributed by atoms with Gasteiger partial charge in [-0.15, -0.1) is 11.8 Å². The molecule has 1 amide bonds. The Morgan fingerprint density at radius 2 is 1.70 bits per heavy atom. The van der Waals surface area contributed by atoms with Gasteiger partial charge in [0.15, 0.2) is 12.4 Å². The Morgan fingerprint density at radius 1 is 1.00 bits per heavy atom. The van der Waals surface area contributed by atoms with Crippen molar-refractivity contribution in [2.24, 2.45) is 0 Å². The van der Waals surface area contributed by atoms with E-state index in [-0.39, 0.29) is 5.91 Å². The zero-order valence-corrected chi connectivity index (χ0v) is 16.5. The van der Waals surface area contributed by atoms with Crippen LogP contribution in [0.5, 0.6) is 0 Å². The molecule has 1 aliphatic rings. The van der Waals surface area contributed by atoms with Gasteiger partial charge in [-0.2, -0.15) is 0 Å². The number of anilines is 1. The lowest BCUT2D eigenvalue weighted by molar-refractivity contribution is -0.377. The van der Waals surface area contributed by atoms with Crippen LogP contribution in [0.25, 0.3) is 10.8 Å². The van der Waals surface area contributed by atoms with Crippen LogP contribution in [-0.4, -0.2) is 42.7 Å². The molecular weight excluding hydrogens is 378 g/mol. The highest BCUT2D eigenvalue weighted by atomic mass is 35.5. The van der Waals surface area contributed by atoms with E-state index in [0.29, 0.717) is 5.75 Å². The first-order valence-corrected chi connectivity index (χ1v) is 10.4. The van der Waals surface area contributed by atoms with E-state index in [0.717, 1.165) is 46.9 Å². The second kappa shape index (κ2) is 8.19. The predicted octanol–water partition coefficient (Wildman–Crippen LogP) is 3.75. The van der Waals surface area contributed by atoms with E-state index in [4.69, 9.17) is 11.6 Å². The van der Waals surface area contributed by atoms with Crippen LogP contribution in [0, 0.1) is 0 Å². The van der Waals surface area contributed by atoms with Crippen molar-refractivity contribution in [1.29, 1.82) is 0 Å². The summed E-state index contributed by atoms with van der Waals surface area (Å²) in [6.45, 7) is 3.24. The van der Waals surface area contributed by atoms with Gasteiger partial charge in [0.2, 0.25) is 5.91 Å². The minimum absolute atomic E-state index is 0.185. The van der Waals surface area contributed by atoms with Crippen LogP contribution in [0.4, 0.5) is 5.69 Å². The fourth-order valence-electron chi connectivity index (χ4n) is 3.42. The first kappa shape index (κ1) is 18.1. The summed E-state index contributed by atoms with van der Waals surface area (Å²) in [4.78, 5) is 21.1. The fraction of sp³-hybridized carbons (Fsp3) is 0.238. The zero-order valence-electron chi connectivity index (χ0n) is 14.9. The highest BCUT2D eigenvalue weighted by molar-refractivity contribution is 8.00. The second-order valence-electron chi connectivity index (χ2n) is 6.51. The molecule has 0 spiro atoms. The summed E-state index contributed by atoms with van der Waals surface area (Å²) in [5, 5.41) is 2.87. The average Bonchev–Trinajstić information content (AvgIpc) is 2.73. The number of thioether (sulfide) groups is 1. The van der Waals surface area contributed by atoms with Crippen molar-refractivity contribution >= 4 is 45.7 Å². The first-order valence-electron chi connectivity index (χ1n) is 9.01. The van der Waals surface area contributed by atoms with Crippen molar-refractivity contribution in [2.75, 3.05) is 36.8 Å². The van der Waals surface area contributed by atoms with Gasteiger partial charge in [0.05, 0.1) is 5.75 Å². The van der Waals surface area contributed by atoms with Crippen molar-refractivity contribution in [2.45, 2.75) is 4.90 Å². The molecule has 6 heteroatoms. The quantitative estimate of drug-likeness (QED) is 0.628. The normalized spacial score (nSPS) is 14.6. The summed E-state index contributed by atoms with van der Waals surface area (Å²) in [5.41, 5.74) is 1.20. The maximum Gasteiger partial charge on any atom is 0.233 e. The van der Waals surface area contributed by atoms with Crippen molar-refractivity contribution in [3.63, 3.8) is 0 Å². The number of H-pyrrole nitrogens is 1. The minimum atomic E-state index is 0.185. The summed E-state index contributed by atoms with van der Waals surface area (Å²) in [7, 11) is 0. The number of carbonyl (C=O) groups excluding carboxylic acids is 1. The summed E-state index contributed by atoms with van der Waals surface area (Å²) in [6, 6.07) is 16.1. The Kier molecular flexibility index (Phi) is 5.50. The number of rotatable bonds is 4. The predicted molar refractivity (Wildman–Crippen MR) is 111 cm³/mol. The van der Waals surface area contributed by atoms with Gasteiger partial charge in [-0.05, 0) is 17.5 Å². The fourth-order valence-corrected chi connectivity index (χ4v) is 4.76. The average molecular weight is 399 g/mol. The molecule has 1 N–H and O–H groups in total. The van der Waals surface area contributed by atoms with Crippen LogP contribution < -0.4 is 9.88 Å². The number of piperazine rings is 1. The van der Waals surface area contributed by atoms with Crippen LogP contribution in [-0.2, 0) is 4.79 Å². The Morgan fingerprint density at radius 3 is 2.44 bits per heavy atom. The number of aromatic nitrogens is 1. The summed E-state index contributed by atoms with van der Waals surface area (Å²) in [6.07, 6.45) is 3.86. The van der Waals surface area contributed by atoms with Gasteiger partial charge in [-0.25, -0.2) is 4.98 Å². The SMILES string of the molecule is O=C(CSc1cccc2cccc(Cl)c12)N1CCN(c2cc[nH+]cc2)CC1. The molecule has 3 aromatic rings. The molecule has 4 nitrogen and oxygen atoms in total. The van der Waals surface area contributed by atoms with Crippen molar-refractivity contribution in [3.8, 4) is 0 Å². The molecule has 1 aliphatic heterocycles. The number of pyridine rings is 1. The number of nitrogens with zero attached hydrogens (tertiary/aromatic N) is 2. The molecule has 4 rings (SSSR count). The van der Waals surface area contributed by atoms with Gasteiger partial charge in [0, 0.05) is 59.3 Å². The standard InChI is InChI=1S/C21H20ClN3OS/c22-18-5-1-3-16-4-2-6-19(21(16)18)27-15-20(26)25-13-11-24(12-14-25)17-7-9-23-10-8-17/h1-10H,11-15H2/p+1. The molecule has 1 fully saturated rings. The number of benzene rings is 2. The highest BCUT2D eigenvalue weighted by Crippen LogP contribution is 2.33. The molecule has 0 radical (unpaired) electrons. The number of fused-ring (bicyclic) bond motifs is 1. The van der Waals surface area contributed by atoms with Gasteiger partial charge >= 0.3 is 0 Å². The van der Waals surface area contributed by atoms with Crippen molar-refractivity contribution < 1.29 is 9.78 Å². The zero-order chi connectivity index (χ0) is 18.6.